The number of ketones is 1. The zero-order valence-electron chi connectivity index (χ0n) is 13.1. The lowest BCUT2D eigenvalue weighted by Crippen LogP contribution is -2.05. The average molecular weight is 296 g/mol. The maximum Gasteiger partial charge on any atom is 0.185 e. The lowest BCUT2D eigenvalue weighted by atomic mass is 10.1. The van der Waals surface area contributed by atoms with Gasteiger partial charge in [-0.1, -0.05) is 18.2 Å². The molecule has 0 saturated heterocycles. The van der Waals surface area contributed by atoms with Crippen LogP contribution in [-0.4, -0.2) is 19.0 Å². The number of hydrogen-bond donors (Lipinski definition) is 0. The van der Waals surface area contributed by atoms with Crippen LogP contribution in [0.2, 0.25) is 0 Å². The van der Waals surface area contributed by atoms with E-state index in [0.717, 1.165) is 17.1 Å². The minimum atomic E-state index is -0.0427. The van der Waals surface area contributed by atoms with Gasteiger partial charge < -0.3 is 9.47 Å². The molecule has 22 heavy (non-hydrogen) atoms. The molecule has 0 unspecified atom stereocenters. The van der Waals surface area contributed by atoms with Crippen LogP contribution in [0.3, 0.4) is 0 Å². The molecule has 0 N–H and O–H groups in total. The van der Waals surface area contributed by atoms with Gasteiger partial charge >= 0.3 is 0 Å². The number of rotatable bonds is 6. The van der Waals surface area contributed by atoms with E-state index in [1.54, 1.807) is 31.4 Å². The van der Waals surface area contributed by atoms with Crippen molar-refractivity contribution in [2.75, 3.05) is 7.11 Å². The van der Waals surface area contributed by atoms with Gasteiger partial charge in [-0.05, 0) is 61.9 Å². The van der Waals surface area contributed by atoms with Crippen LogP contribution in [-0.2, 0) is 0 Å². The van der Waals surface area contributed by atoms with Gasteiger partial charge in [0, 0.05) is 5.56 Å². The van der Waals surface area contributed by atoms with Crippen molar-refractivity contribution >= 4 is 11.9 Å². The number of hydrogen-bond acceptors (Lipinski definition) is 3. The minimum absolute atomic E-state index is 0.0427. The zero-order chi connectivity index (χ0) is 15.9. The number of carbonyl (C=O) groups is 1. The molecule has 2 aromatic rings. The molecule has 0 radical (unpaired) electrons. The van der Waals surface area contributed by atoms with Crippen LogP contribution in [0.15, 0.2) is 54.6 Å². The van der Waals surface area contributed by atoms with Crippen molar-refractivity contribution < 1.29 is 14.3 Å². The highest BCUT2D eigenvalue weighted by Gasteiger charge is 2.03. The molecule has 0 aliphatic rings. The van der Waals surface area contributed by atoms with E-state index in [0.29, 0.717) is 5.56 Å². The van der Waals surface area contributed by atoms with E-state index < -0.39 is 0 Å². The standard InChI is InChI=1S/C19H20O3/c1-14(2)22-17-10-8-16(9-11-17)19(20)12-7-15-5-4-6-18(13-15)21-3/h4-14H,1-3H3. The molecule has 2 aromatic carbocycles. The molecule has 0 amide bonds. The molecule has 0 saturated carbocycles. The number of methoxy groups -OCH3 is 1. The van der Waals surface area contributed by atoms with Crippen LogP contribution >= 0.6 is 0 Å². The van der Waals surface area contributed by atoms with Crippen molar-refractivity contribution in [2.24, 2.45) is 0 Å². The van der Waals surface area contributed by atoms with E-state index >= 15 is 0 Å². The Kier molecular flexibility index (Phi) is 5.37. The lowest BCUT2D eigenvalue weighted by molar-refractivity contribution is 0.104. The van der Waals surface area contributed by atoms with Gasteiger partial charge in [-0.3, -0.25) is 4.79 Å². The third-order valence-corrected chi connectivity index (χ3v) is 3.03. The van der Waals surface area contributed by atoms with Gasteiger partial charge in [-0.15, -0.1) is 0 Å². The third kappa shape index (κ3) is 4.48. The summed E-state index contributed by atoms with van der Waals surface area (Å²) in [6, 6.07) is 14.7. The summed E-state index contributed by atoms with van der Waals surface area (Å²) >= 11 is 0. The monoisotopic (exact) mass is 296 g/mol. The van der Waals surface area contributed by atoms with Gasteiger partial charge in [0.15, 0.2) is 5.78 Å². The smallest absolute Gasteiger partial charge is 0.185 e. The first-order chi connectivity index (χ1) is 10.6. The van der Waals surface area contributed by atoms with Crippen LogP contribution < -0.4 is 9.47 Å². The summed E-state index contributed by atoms with van der Waals surface area (Å²) in [5.41, 5.74) is 1.56. The molecule has 3 nitrogen and oxygen atoms in total. The first-order valence-corrected chi connectivity index (χ1v) is 7.21. The first kappa shape index (κ1) is 15.8. The Morgan fingerprint density at radius 1 is 1.05 bits per heavy atom. The van der Waals surface area contributed by atoms with E-state index in [-0.39, 0.29) is 11.9 Å². The molecule has 0 aromatic heterocycles. The molecule has 114 valence electrons. The number of carbonyl (C=O) groups excluding carboxylic acids is 1. The molecule has 0 heterocycles. The van der Waals surface area contributed by atoms with Gasteiger partial charge in [0.2, 0.25) is 0 Å². The van der Waals surface area contributed by atoms with E-state index in [2.05, 4.69) is 0 Å². The molecule has 3 heteroatoms. The highest BCUT2D eigenvalue weighted by molar-refractivity contribution is 6.06. The Bertz CT molecular complexity index is 655. The van der Waals surface area contributed by atoms with E-state index in [4.69, 9.17) is 9.47 Å². The van der Waals surface area contributed by atoms with E-state index in [1.807, 2.05) is 50.2 Å². The van der Waals surface area contributed by atoms with Crippen molar-refractivity contribution in [3.8, 4) is 11.5 Å². The van der Waals surface area contributed by atoms with Crippen LogP contribution in [0.25, 0.3) is 6.08 Å². The molecule has 2 rings (SSSR count). The fourth-order valence-electron chi connectivity index (χ4n) is 1.98. The highest BCUT2D eigenvalue weighted by atomic mass is 16.5. The Balaban J connectivity index is 2.06. The van der Waals surface area contributed by atoms with Crippen LogP contribution in [0.4, 0.5) is 0 Å². The van der Waals surface area contributed by atoms with Gasteiger partial charge in [-0.2, -0.15) is 0 Å². The molecule has 0 bridgehead atoms. The van der Waals surface area contributed by atoms with Crippen molar-refractivity contribution in [3.05, 3.63) is 65.7 Å². The summed E-state index contributed by atoms with van der Waals surface area (Å²) in [7, 11) is 1.62. The Morgan fingerprint density at radius 2 is 1.77 bits per heavy atom. The molecule has 0 spiro atoms. The fraction of sp³-hybridized carbons (Fsp3) is 0.211. The Morgan fingerprint density at radius 3 is 2.41 bits per heavy atom. The van der Waals surface area contributed by atoms with Crippen LogP contribution in [0, 0.1) is 0 Å². The SMILES string of the molecule is COc1cccc(C=CC(=O)c2ccc(OC(C)C)cc2)c1. The zero-order valence-corrected chi connectivity index (χ0v) is 13.1. The summed E-state index contributed by atoms with van der Waals surface area (Å²) in [4.78, 5) is 12.1. The van der Waals surface area contributed by atoms with Crippen molar-refractivity contribution in [1.82, 2.24) is 0 Å². The third-order valence-electron chi connectivity index (χ3n) is 3.03. The molecule has 0 fully saturated rings. The molecule has 0 atom stereocenters. The van der Waals surface area contributed by atoms with Gasteiger partial charge in [-0.25, -0.2) is 0 Å². The number of ether oxygens (including phenoxy) is 2. The summed E-state index contributed by atoms with van der Waals surface area (Å²) < 4.78 is 10.7. The molecular weight excluding hydrogens is 276 g/mol. The highest BCUT2D eigenvalue weighted by Crippen LogP contribution is 2.16. The molecule has 0 aliphatic heterocycles. The Hall–Kier alpha value is -2.55. The minimum Gasteiger partial charge on any atom is -0.497 e. The normalized spacial score (nSPS) is 10.9. The molecule has 0 aliphatic carbocycles. The topological polar surface area (TPSA) is 35.5 Å². The van der Waals surface area contributed by atoms with Crippen LogP contribution in [0.5, 0.6) is 11.5 Å². The van der Waals surface area contributed by atoms with Crippen LogP contribution in [0.1, 0.15) is 29.8 Å². The average Bonchev–Trinajstić information content (AvgIpc) is 2.53. The van der Waals surface area contributed by atoms with Gasteiger partial charge in [0.25, 0.3) is 0 Å². The van der Waals surface area contributed by atoms with Crippen molar-refractivity contribution in [3.63, 3.8) is 0 Å². The maximum absolute atomic E-state index is 12.1. The fourth-order valence-corrected chi connectivity index (χ4v) is 1.98. The predicted molar refractivity (Wildman–Crippen MR) is 88.6 cm³/mol. The number of benzene rings is 2. The Labute approximate surface area is 131 Å². The lowest BCUT2D eigenvalue weighted by Gasteiger charge is -2.09. The first-order valence-electron chi connectivity index (χ1n) is 7.21. The van der Waals surface area contributed by atoms with E-state index in [1.165, 1.54) is 0 Å². The maximum atomic E-state index is 12.1. The van der Waals surface area contributed by atoms with Crippen molar-refractivity contribution in [1.29, 1.82) is 0 Å². The second-order valence-corrected chi connectivity index (χ2v) is 5.17. The predicted octanol–water partition coefficient (Wildman–Crippen LogP) is 4.38. The largest absolute Gasteiger partial charge is 0.497 e. The van der Waals surface area contributed by atoms with Crippen molar-refractivity contribution in [2.45, 2.75) is 20.0 Å². The molecular formula is C19H20O3. The second kappa shape index (κ2) is 7.46. The van der Waals surface area contributed by atoms with Gasteiger partial charge in [0.05, 0.1) is 13.2 Å². The summed E-state index contributed by atoms with van der Waals surface area (Å²) in [5, 5.41) is 0. The van der Waals surface area contributed by atoms with E-state index in [9.17, 15) is 4.79 Å². The quantitative estimate of drug-likeness (QED) is 0.586. The second-order valence-electron chi connectivity index (χ2n) is 5.17. The number of allylic oxidation sites excluding steroid dienone is 1. The van der Waals surface area contributed by atoms with Gasteiger partial charge in [0.1, 0.15) is 11.5 Å². The summed E-state index contributed by atoms with van der Waals surface area (Å²) in [6.07, 6.45) is 3.46. The summed E-state index contributed by atoms with van der Waals surface area (Å²) in [6.45, 7) is 3.94. The summed E-state index contributed by atoms with van der Waals surface area (Å²) in [5.74, 6) is 1.49.